The van der Waals surface area contributed by atoms with Crippen molar-refractivity contribution < 1.29 is 19.4 Å². The lowest BCUT2D eigenvalue weighted by atomic mass is 9.90. The molecule has 1 aromatic carbocycles. The van der Waals surface area contributed by atoms with E-state index < -0.39 is 11.9 Å². The molecule has 112 valence electrons. The molecule has 1 unspecified atom stereocenters. The topological polar surface area (TPSA) is 55.8 Å². The van der Waals surface area contributed by atoms with Crippen molar-refractivity contribution in [1.82, 2.24) is 0 Å². The minimum Gasteiger partial charge on any atom is -0.496 e. The van der Waals surface area contributed by atoms with Gasteiger partial charge in [-0.15, -0.1) is 0 Å². The van der Waals surface area contributed by atoms with Gasteiger partial charge in [0.05, 0.1) is 18.6 Å². The molecule has 0 aromatic heterocycles. The molecule has 1 rings (SSSR count). The Morgan fingerprint density at radius 1 is 1.30 bits per heavy atom. The summed E-state index contributed by atoms with van der Waals surface area (Å²) in [6, 6.07) is 7.55. The highest BCUT2D eigenvalue weighted by Crippen LogP contribution is 2.26. The van der Waals surface area contributed by atoms with Crippen LogP contribution in [0.25, 0.3) is 0 Å². The van der Waals surface area contributed by atoms with Gasteiger partial charge in [0.25, 0.3) is 0 Å². The van der Waals surface area contributed by atoms with E-state index in [-0.39, 0.29) is 5.60 Å². The number of aliphatic carboxylic acids is 1. The molecule has 1 N–H and O–H groups in total. The maximum absolute atomic E-state index is 11.4. The van der Waals surface area contributed by atoms with Gasteiger partial charge in [-0.25, -0.2) is 0 Å². The van der Waals surface area contributed by atoms with E-state index in [0.717, 1.165) is 11.3 Å². The van der Waals surface area contributed by atoms with Crippen molar-refractivity contribution in [2.24, 2.45) is 5.92 Å². The zero-order valence-electron chi connectivity index (χ0n) is 12.7. The quantitative estimate of drug-likeness (QED) is 0.794. The highest BCUT2D eigenvalue weighted by atomic mass is 16.5. The van der Waals surface area contributed by atoms with Crippen molar-refractivity contribution in [3.05, 3.63) is 29.8 Å². The van der Waals surface area contributed by atoms with Gasteiger partial charge in [-0.05, 0) is 44.7 Å². The van der Waals surface area contributed by atoms with Gasteiger partial charge >= 0.3 is 5.97 Å². The highest BCUT2D eigenvalue weighted by Gasteiger charge is 2.24. The van der Waals surface area contributed by atoms with E-state index in [1.807, 2.05) is 38.1 Å². The van der Waals surface area contributed by atoms with Crippen molar-refractivity contribution in [2.45, 2.75) is 38.7 Å². The number of methoxy groups -OCH3 is 2. The molecule has 20 heavy (non-hydrogen) atoms. The van der Waals surface area contributed by atoms with E-state index in [0.29, 0.717) is 19.3 Å². The fourth-order valence-corrected chi connectivity index (χ4v) is 2.07. The summed E-state index contributed by atoms with van der Waals surface area (Å²) in [5.41, 5.74) is 0.631. The predicted molar refractivity (Wildman–Crippen MR) is 78.1 cm³/mol. The van der Waals surface area contributed by atoms with Gasteiger partial charge in [0.1, 0.15) is 5.75 Å². The monoisotopic (exact) mass is 280 g/mol. The molecule has 0 aliphatic rings. The molecule has 0 fully saturated rings. The average molecular weight is 280 g/mol. The lowest BCUT2D eigenvalue weighted by Crippen LogP contribution is -2.26. The third kappa shape index (κ3) is 4.85. The Hall–Kier alpha value is -1.55. The molecule has 0 aliphatic carbocycles. The number of hydrogen-bond acceptors (Lipinski definition) is 3. The van der Waals surface area contributed by atoms with Gasteiger partial charge in [-0.2, -0.15) is 0 Å². The first-order valence-electron chi connectivity index (χ1n) is 6.79. The summed E-state index contributed by atoms with van der Waals surface area (Å²) in [6.45, 7) is 3.93. The first-order chi connectivity index (χ1) is 9.39. The normalized spacial score (nSPS) is 13.0. The molecule has 0 spiro atoms. The fraction of sp³-hybridized carbons (Fsp3) is 0.562. The first-order valence-corrected chi connectivity index (χ1v) is 6.79. The SMILES string of the molecule is COc1ccccc1CC(CCC(C)(C)OC)C(=O)O. The Kier molecular flexibility index (Phi) is 6.02. The second-order valence-electron chi connectivity index (χ2n) is 5.55. The summed E-state index contributed by atoms with van der Waals surface area (Å²) in [5, 5.41) is 9.39. The summed E-state index contributed by atoms with van der Waals surface area (Å²) < 4.78 is 10.6. The summed E-state index contributed by atoms with van der Waals surface area (Å²) in [7, 11) is 3.25. The van der Waals surface area contributed by atoms with E-state index in [4.69, 9.17) is 9.47 Å². The van der Waals surface area contributed by atoms with Crippen molar-refractivity contribution >= 4 is 5.97 Å². The summed E-state index contributed by atoms with van der Waals surface area (Å²) in [6.07, 6.45) is 1.75. The van der Waals surface area contributed by atoms with Crippen molar-refractivity contribution in [3.8, 4) is 5.75 Å². The van der Waals surface area contributed by atoms with Crippen molar-refractivity contribution in [1.29, 1.82) is 0 Å². The molecule has 0 bridgehead atoms. The fourth-order valence-electron chi connectivity index (χ4n) is 2.07. The molecule has 0 amide bonds. The zero-order valence-corrected chi connectivity index (χ0v) is 12.7. The summed E-state index contributed by atoms with van der Waals surface area (Å²) >= 11 is 0. The second-order valence-corrected chi connectivity index (χ2v) is 5.55. The third-order valence-corrected chi connectivity index (χ3v) is 3.66. The number of carboxylic acid groups (broad SMARTS) is 1. The minimum atomic E-state index is -0.775. The Bertz CT molecular complexity index is 440. The molecule has 1 atom stereocenters. The van der Waals surface area contributed by atoms with Crippen LogP contribution in [0, 0.1) is 5.92 Å². The zero-order chi connectivity index (χ0) is 15.2. The molecule has 0 saturated heterocycles. The van der Waals surface area contributed by atoms with Crippen LogP contribution in [0.1, 0.15) is 32.3 Å². The van der Waals surface area contributed by atoms with Crippen LogP contribution in [0.5, 0.6) is 5.75 Å². The van der Waals surface area contributed by atoms with E-state index in [2.05, 4.69) is 0 Å². The van der Waals surface area contributed by atoms with E-state index >= 15 is 0 Å². The van der Waals surface area contributed by atoms with Gasteiger partial charge < -0.3 is 14.6 Å². The van der Waals surface area contributed by atoms with Crippen LogP contribution in [0.15, 0.2) is 24.3 Å². The summed E-state index contributed by atoms with van der Waals surface area (Å²) in [4.78, 5) is 11.4. The van der Waals surface area contributed by atoms with E-state index in [1.54, 1.807) is 14.2 Å². The van der Waals surface area contributed by atoms with E-state index in [9.17, 15) is 9.90 Å². The van der Waals surface area contributed by atoms with Gasteiger partial charge in [-0.1, -0.05) is 18.2 Å². The van der Waals surface area contributed by atoms with Gasteiger partial charge in [-0.3, -0.25) is 4.79 Å². The molecule has 0 aliphatic heterocycles. The second kappa shape index (κ2) is 7.29. The average Bonchev–Trinajstić information content (AvgIpc) is 2.43. The van der Waals surface area contributed by atoms with Crippen LogP contribution in [0.3, 0.4) is 0 Å². The van der Waals surface area contributed by atoms with Crippen molar-refractivity contribution in [2.75, 3.05) is 14.2 Å². The summed E-state index contributed by atoms with van der Waals surface area (Å²) in [5.74, 6) is -0.465. The number of benzene rings is 1. The standard InChI is InChI=1S/C16H24O4/c1-16(2,20-4)10-9-13(15(17)18)11-12-7-5-6-8-14(12)19-3/h5-8,13H,9-11H2,1-4H3,(H,17,18). The Morgan fingerprint density at radius 3 is 2.50 bits per heavy atom. The maximum atomic E-state index is 11.4. The maximum Gasteiger partial charge on any atom is 0.306 e. The van der Waals surface area contributed by atoms with Crippen molar-refractivity contribution in [3.63, 3.8) is 0 Å². The van der Waals surface area contributed by atoms with Crippen LogP contribution in [-0.2, 0) is 16.0 Å². The van der Waals surface area contributed by atoms with Crippen LogP contribution >= 0.6 is 0 Å². The number of para-hydroxylation sites is 1. The van der Waals surface area contributed by atoms with Gasteiger partial charge in [0.2, 0.25) is 0 Å². The lowest BCUT2D eigenvalue weighted by Gasteiger charge is -2.24. The van der Waals surface area contributed by atoms with Crippen LogP contribution in [0.4, 0.5) is 0 Å². The molecule has 1 aromatic rings. The van der Waals surface area contributed by atoms with Crippen LogP contribution in [-0.4, -0.2) is 30.9 Å². The number of carbonyl (C=O) groups is 1. The lowest BCUT2D eigenvalue weighted by molar-refractivity contribution is -0.142. The highest BCUT2D eigenvalue weighted by molar-refractivity contribution is 5.70. The minimum absolute atomic E-state index is 0.297. The first kappa shape index (κ1) is 16.5. The Morgan fingerprint density at radius 2 is 1.95 bits per heavy atom. The van der Waals surface area contributed by atoms with Gasteiger partial charge in [0, 0.05) is 7.11 Å². The third-order valence-electron chi connectivity index (χ3n) is 3.66. The van der Waals surface area contributed by atoms with Crippen LogP contribution in [0.2, 0.25) is 0 Å². The smallest absolute Gasteiger partial charge is 0.306 e. The molecule has 4 heteroatoms. The predicted octanol–water partition coefficient (Wildman–Crippen LogP) is 3.14. The molecule has 0 saturated carbocycles. The number of carboxylic acids is 1. The largest absolute Gasteiger partial charge is 0.496 e. The molecule has 0 radical (unpaired) electrons. The molecule has 4 nitrogen and oxygen atoms in total. The van der Waals surface area contributed by atoms with Gasteiger partial charge in [0.15, 0.2) is 0 Å². The van der Waals surface area contributed by atoms with E-state index in [1.165, 1.54) is 0 Å². The number of hydrogen-bond donors (Lipinski definition) is 1. The molecular formula is C16H24O4. The molecule has 0 heterocycles. The number of ether oxygens (including phenoxy) is 2. The number of rotatable bonds is 8. The van der Waals surface area contributed by atoms with Crippen LogP contribution < -0.4 is 4.74 Å². The molecular weight excluding hydrogens is 256 g/mol. The Labute approximate surface area is 120 Å². The Balaban J connectivity index is 2.75.